The van der Waals surface area contributed by atoms with Gasteiger partial charge in [-0.05, 0) is 32.1 Å². The molecule has 7 atom stereocenters. The normalized spacial score (nSPS) is 32.1. The molecule has 4 heterocycles. The fraction of sp³-hybridized carbons (Fsp3) is 0.759. The van der Waals surface area contributed by atoms with E-state index >= 15 is 0 Å². The minimum atomic E-state index is -0.771. The molecule has 4 fully saturated rings. The molecule has 224 valence electrons. The number of amides is 2. The lowest BCUT2D eigenvalue weighted by Crippen LogP contribution is -2.58. The largest absolute Gasteiger partial charge is 0.465 e. The number of unbranched alkanes of at least 4 members (excludes halogenated alkanes) is 2. The molecule has 4 rings (SSSR count). The maximum Gasteiger partial charge on any atom is 0.310 e. The van der Waals surface area contributed by atoms with Gasteiger partial charge in [-0.15, -0.1) is 24.9 Å². The Bertz CT molecular complexity index is 945. The first-order chi connectivity index (χ1) is 19.3. The van der Waals surface area contributed by atoms with E-state index in [0.717, 1.165) is 32.4 Å². The molecule has 1 spiro atoms. The second-order valence-corrected chi connectivity index (χ2v) is 13.8. The predicted octanol–water partition coefficient (Wildman–Crippen LogP) is 2.47. The van der Waals surface area contributed by atoms with E-state index in [1.54, 1.807) is 27.6 Å². The van der Waals surface area contributed by atoms with Gasteiger partial charge in [0.05, 0.1) is 49.1 Å². The highest BCUT2D eigenvalue weighted by atomic mass is 79.9. The van der Waals surface area contributed by atoms with E-state index in [0.29, 0.717) is 52.3 Å². The quantitative estimate of drug-likeness (QED) is 0.126. The van der Waals surface area contributed by atoms with Crippen molar-refractivity contribution >= 4 is 45.5 Å². The van der Waals surface area contributed by atoms with Gasteiger partial charge in [0.25, 0.3) is 0 Å². The standard InChI is InChI=1S/C29H44BrN3O6S/c1-4-7-8-9-15-39-28(37)22-23-26(35)33(20(6-3)19-34)25(29(23)18-21(30)24(22)40-29)27(36)32(10-5-2)12-11-31-13-16-38-17-14-31/h4-5,20-25,34H,1-2,6-19H2,3H3/t20-,21?,22-,23-,24-,25?,29?/m0/s1. The highest BCUT2D eigenvalue weighted by Gasteiger charge is 2.76. The van der Waals surface area contributed by atoms with Crippen molar-refractivity contribution in [1.82, 2.24) is 14.7 Å². The van der Waals surface area contributed by atoms with Gasteiger partial charge in [-0.25, -0.2) is 0 Å². The molecule has 0 aromatic rings. The monoisotopic (exact) mass is 641 g/mol. The van der Waals surface area contributed by atoms with Gasteiger partial charge >= 0.3 is 5.97 Å². The Labute approximate surface area is 250 Å². The fourth-order valence-corrected chi connectivity index (χ4v) is 10.4. The number of aliphatic hydroxyl groups is 1. The van der Waals surface area contributed by atoms with Crippen LogP contribution in [-0.2, 0) is 23.9 Å². The van der Waals surface area contributed by atoms with Gasteiger partial charge < -0.3 is 24.4 Å². The smallest absolute Gasteiger partial charge is 0.310 e. The molecule has 4 aliphatic rings. The summed E-state index contributed by atoms with van der Waals surface area (Å²) in [7, 11) is 0. The third-order valence-corrected chi connectivity index (χ3v) is 12.0. The summed E-state index contributed by atoms with van der Waals surface area (Å²) in [4.78, 5) is 47.9. The van der Waals surface area contributed by atoms with Crippen molar-refractivity contribution in [2.45, 2.75) is 65.9 Å². The number of fused-ring (bicyclic) bond motifs is 1. The number of carbonyl (C=O) groups is 3. The number of nitrogens with zero attached hydrogens (tertiary/aromatic N) is 3. The van der Waals surface area contributed by atoms with Crippen LogP contribution in [0.2, 0.25) is 0 Å². The van der Waals surface area contributed by atoms with E-state index in [2.05, 4.69) is 34.0 Å². The van der Waals surface area contributed by atoms with Crippen molar-refractivity contribution in [1.29, 1.82) is 0 Å². The number of halogens is 1. The van der Waals surface area contributed by atoms with Gasteiger partial charge in [0.1, 0.15) is 6.04 Å². The molecule has 3 unspecified atom stereocenters. The summed E-state index contributed by atoms with van der Waals surface area (Å²) in [5.74, 6) is -2.00. The number of alkyl halides is 1. The van der Waals surface area contributed by atoms with E-state index in [9.17, 15) is 19.5 Å². The Morgan fingerprint density at radius 2 is 2.05 bits per heavy atom. The Morgan fingerprint density at radius 3 is 2.70 bits per heavy atom. The number of hydrogen-bond acceptors (Lipinski definition) is 8. The number of ether oxygens (including phenoxy) is 2. The van der Waals surface area contributed by atoms with E-state index < -0.39 is 28.7 Å². The van der Waals surface area contributed by atoms with Gasteiger partial charge in [-0.1, -0.05) is 35.0 Å². The third kappa shape index (κ3) is 6.04. The summed E-state index contributed by atoms with van der Waals surface area (Å²) in [5, 5.41) is 10.1. The van der Waals surface area contributed by atoms with Crippen molar-refractivity contribution in [3.05, 3.63) is 25.3 Å². The lowest BCUT2D eigenvalue weighted by atomic mass is 9.71. The molecule has 0 aliphatic carbocycles. The Hall–Kier alpha value is -1.40. The Kier molecular flexibility index (Phi) is 11.2. The number of allylic oxidation sites excluding steroid dienone is 1. The maximum atomic E-state index is 14.5. The first kappa shape index (κ1) is 31.5. The van der Waals surface area contributed by atoms with Crippen LogP contribution in [0.15, 0.2) is 25.3 Å². The molecule has 2 amide bonds. The van der Waals surface area contributed by atoms with Crippen LogP contribution in [0.5, 0.6) is 0 Å². The zero-order valence-electron chi connectivity index (χ0n) is 23.5. The summed E-state index contributed by atoms with van der Waals surface area (Å²) in [6.45, 7) is 14.1. The molecule has 1 N–H and O–H groups in total. The summed E-state index contributed by atoms with van der Waals surface area (Å²) in [5.41, 5.74) is 0. The average Bonchev–Trinajstić information content (AvgIpc) is 3.55. The summed E-state index contributed by atoms with van der Waals surface area (Å²) < 4.78 is 10.4. The lowest BCUT2D eigenvalue weighted by molar-refractivity contribution is -0.154. The van der Waals surface area contributed by atoms with Crippen LogP contribution in [0, 0.1) is 11.8 Å². The molecule has 0 aromatic heterocycles. The van der Waals surface area contributed by atoms with Crippen molar-refractivity contribution in [2.24, 2.45) is 11.8 Å². The molecule has 9 nitrogen and oxygen atoms in total. The molecule has 4 saturated heterocycles. The number of carbonyl (C=O) groups excluding carboxylic acids is 3. The van der Waals surface area contributed by atoms with Crippen molar-refractivity contribution in [3.8, 4) is 0 Å². The van der Waals surface area contributed by atoms with Crippen LogP contribution < -0.4 is 0 Å². The highest BCUT2D eigenvalue weighted by molar-refractivity contribution is 9.09. The number of esters is 1. The highest BCUT2D eigenvalue weighted by Crippen LogP contribution is 2.68. The molecular weight excluding hydrogens is 598 g/mol. The van der Waals surface area contributed by atoms with E-state index in [1.807, 2.05) is 13.0 Å². The average molecular weight is 643 g/mol. The summed E-state index contributed by atoms with van der Waals surface area (Å²) >= 11 is 5.40. The minimum Gasteiger partial charge on any atom is -0.465 e. The number of rotatable bonds is 15. The number of morpholine rings is 1. The first-order valence-electron chi connectivity index (χ1n) is 14.6. The fourth-order valence-electron chi connectivity index (χ4n) is 6.79. The van der Waals surface area contributed by atoms with Crippen molar-refractivity contribution in [2.75, 3.05) is 59.2 Å². The topological polar surface area (TPSA) is 99.6 Å². The van der Waals surface area contributed by atoms with Gasteiger partial charge in [0, 0.05) is 42.8 Å². The molecule has 2 bridgehead atoms. The second kappa shape index (κ2) is 14.2. The Morgan fingerprint density at radius 1 is 1.30 bits per heavy atom. The molecule has 4 aliphatic heterocycles. The van der Waals surface area contributed by atoms with Crippen LogP contribution in [-0.4, -0.2) is 124 Å². The zero-order chi connectivity index (χ0) is 28.9. The van der Waals surface area contributed by atoms with Crippen molar-refractivity contribution < 1.29 is 29.0 Å². The summed E-state index contributed by atoms with van der Waals surface area (Å²) in [6.07, 6.45) is 7.15. The molecule has 0 aromatic carbocycles. The van der Waals surface area contributed by atoms with Crippen LogP contribution in [0.3, 0.4) is 0 Å². The van der Waals surface area contributed by atoms with E-state index in [-0.39, 0.29) is 34.5 Å². The van der Waals surface area contributed by atoms with Crippen LogP contribution in [0.1, 0.15) is 39.0 Å². The van der Waals surface area contributed by atoms with E-state index in [1.165, 1.54) is 0 Å². The van der Waals surface area contributed by atoms with E-state index in [4.69, 9.17) is 9.47 Å². The van der Waals surface area contributed by atoms with Crippen LogP contribution in [0.4, 0.5) is 0 Å². The van der Waals surface area contributed by atoms with Gasteiger partial charge in [0.2, 0.25) is 11.8 Å². The van der Waals surface area contributed by atoms with Gasteiger partial charge in [-0.3, -0.25) is 19.3 Å². The minimum absolute atomic E-state index is 0.0227. The van der Waals surface area contributed by atoms with Gasteiger partial charge in [0.15, 0.2) is 0 Å². The molecule has 0 radical (unpaired) electrons. The molecule has 11 heteroatoms. The molecule has 0 saturated carbocycles. The number of likely N-dealkylation sites (tertiary alicyclic amines) is 1. The molecule has 40 heavy (non-hydrogen) atoms. The summed E-state index contributed by atoms with van der Waals surface area (Å²) in [6, 6.07) is -1.28. The Balaban J connectivity index is 1.61. The number of hydrogen-bond donors (Lipinski definition) is 1. The predicted molar refractivity (Wildman–Crippen MR) is 159 cm³/mol. The van der Waals surface area contributed by atoms with Crippen LogP contribution >= 0.6 is 27.7 Å². The number of thioether (sulfide) groups is 1. The van der Waals surface area contributed by atoms with Crippen molar-refractivity contribution in [3.63, 3.8) is 0 Å². The maximum absolute atomic E-state index is 14.5. The number of aliphatic hydroxyl groups excluding tert-OH is 1. The second-order valence-electron chi connectivity index (χ2n) is 11.1. The lowest BCUT2D eigenvalue weighted by Gasteiger charge is -2.40. The third-order valence-electron chi connectivity index (χ3n) is 8.81. The van der Waals surface area contributed by atoms with Crippen LogP contribution in [0.25, 0.3) is 0 Å². The zero-order valence-corrected chi connectivity index (χ0v) is 26.0. The molecular formula is C29H44BrN3O6S. The SMILES string of the molecule is C=CCCCCOC(=O)[C@H]1[C@H]2C(=O)N([C@@H](CC)CO)C(C(=O)N(CC=C)CCN3CCOCC3)C23CC(Br)[C@@H]1S3. The van der Waals surface area contributed by atoms with Gasteiger partial charge in [-0.2, -0.15) is 0 Å². The first-order valence-corrected chi connectivity index (χ1v) is 16.4.